The Morgan fingerprint density at radius 3 is 1.92 bits per heavy atom. The highest BCUT2D eigenvalue weighted by atomic mass is 35.5. The van der Waals surface area contributed by atoms with Gasteiger partial charge in [-0.2, -0.15) is 0 Å². The van der Waals surface area contributed by atoms with Crippen LogP contribution in [0.2, 0.25) is 6.04 Å². The van der Waals surface area contributed by atoms with E-state index in [9.17, 15) is 0 Å². The second kappa shape index (κ2) is 12.0. The van der Waals surface area contributed by atoms with Gasteiger partial charge in [-0.15, -0.1) is 0 Å². The molecular weight excluding hydrogens is 342 g/mol. The number of halogens is 1. The molecule has 0 saturated heterocycles. The van der Waals surface area contributed by atoms with Crippen molar-refractivity contribution in [2.24, 2.45) is 0 Å². The van der Waals surface area contributed by atoms with Crippen LogP contribution < -0.4 is 12.4 Å². The minimum absolute atomic E-state index is 0. The molecule has 140 valence electrons. The van der Waals surface area contributed by atoms with Gasteiger partial charge in [0.25, 0.3) is 0 Å². The Morgan fingerprint density at radius 1 is 0.917 bits per heavy atom. The molecule has 0 amide bonds. The Hall–Kier alpha value is -0.433. The Labute approximate surface area is 155 Å². The standard InChI is InChI=1S/C18H34NO3Si.ClH/c1-6-19(7-2,8-3)15-12-16-23(20-4,21-5)22-17-18-13-10-9-11-14-18;/h9-11,13-14H,6-8,12,15-17H2,1-5H3;1H/q+1;/p-1. The molecule has 0 N–H and O–H groups in total. The summed E-state index contributed by atoms with van der Waals surface area (Å²) in [4.78, 5) is 0. The monoisotopic (exact) mass is 375 g/mol. The molecule has 0 saturated carbocycles. The van der Waals surface area contributed by atoms with Crippen LogP contribution in [0.5, 0.6) is 0 Å². The van der Waals surface area contributed by atoms with E-state index in [0.717, 1.165) is 29.1 Å². The molecule has 0 aromatic heterocycles. The predicted octanol–water partition coefficient (Wildman–Crippen LogP) is 0.706. The van der Waals surface area contributed by atoms with Crippen LogP contribution in [0.1, 0.15) is 32.8 Å². The van der Waals surface area contributed by atoms with Crippen molar-refractivity contribution in [2.75, 3.05) is 40.4 Å². The molecule has 1 aromatic carbocycles. The highest BCUT2D eigenvalue weighted by Gasteiger charge is 2.39. The second-order valence-electron chi connectivity index (χ2n) is 5.98. The van der Waals surface area contributed by atoms with Gasteiger partial charge in [-0.25, -0.2) is 0 Å². The van der Waals surface area contributed by atoms with E-state index in [1.54, 1.807) is 14.2 Å². The average molecular weight is 376 g/mol. The van der Waals surface area contributed by atoms with Crippen molar-refractivity contribution < 1.29 is 30.2 Å². The average Bonchev–Trinajstić information content (AvgIpc) is 2.63. The van der Waals surface area contributed by atoms with Crippen LogP contribution in [-0.4, -0.2) is 53.7 Å². The Morgan fingerprint density at radius 2 is 1.46 bits per heavy atom. The molecule has 1 rings (SSSR count). The largest absolute Gasteiger partial charge is 1.00 e. The molecule has 0 spiro atoms. The minimum Gasteiger partial charge on any atom is -1.00 e. The van der Waals surface area contributed by atoms with E-state index >= 15 is 0 Å². The van der Waals surface area contributed by atoms with E-state index in [4.69, 9.17) is 13.3 Å². The van der Waals surface area contributed by atoms with Crippen molar-refractivity contribution in [2.45, 2.75) is 39.8 Å². The summed E-state index contributed by atoms with van der Waals surface area (Å²) < 4.78 is 18.7. The fourth-order valence-electron chi connectivity index (χ4n) is 3.02. The second-order valence-corrected chi connectivity index (χ2v) is 8.95. The molecule has 24 heavy (non-hydrogen) atoms. The van der Waals surface area contributed by atoms with Crippen molar-refractivity contribution in [3.8, 4) is 0 Å². The molecule has 0 fully saturated rings. The van der Waals surface area contributed by atoms with E-state index in [1.807, 2.05) is 18.2 Å². The first-order valence-electron chi connectivity index (χ1n) is 8.72. The summed E-state index contributed by atoms with van der Waals surface area (Å²) in [6.45, 7) is 12.0. The molecule has 0 bridgehead atoms. The Kier molecular flexibility index (Phi) is 11.8. The van der Waals surface area contributed by atoms with Crippen molar-refractivity contribution >= 4 is 8.80 Å². The fourth-order valence-corrected chi connectivity index (χ4v) is 4.95. The number of rotatable bonds is 12. The molecule has 0 atom stereocenters. The lowest BCUT2D eigenvalue weighted by Crippen LogP contribution is -3.00. The van der Waals surface area contributed by atoms with E-state index < -0.39 is 8.80 Å². The summed E-state index contributed by atoms with van der Waals surface area (Å²) in [7, 11) is 0.847. The molecule has 1 aromatic rings. The van der Waals surface area contributed by atoms with E-state index in [-0.39, 0.29) is 12.4 Å². The van der Waals surface area contributed by atoms with Crippen molar-refractivity contribution in [3.05, 3.63) is 35.9 Å². The smallest absolute Gasteiger partial charge is 0.500 e. The van der Waals surface area contributed by atoms with Crippen LogP contribution in [0.15, 0.2) is 30.3 Å². The van der Waals surface area contributed by atoms with Crippen LogP contribution in [0, 0.1) is 0 Å². The first kappa shape index (κ1) is 23.6. The highest BCUT2D eigenvalue weighted by molar-refractivity contribution is 6.60. The number of hydrogen-bond acceptors (Lipinski definition) is 3. The minimum atomic E-state index is -2.57. The molecule has 0 aliphatic rings. The molecule has 0 unspecified atom stereocenters. The van der Waals surface area contributed by atoms with Gasteiger partial charge in [-0.3, -0.25) is 0 Å². The predicted molar refractivity (Wildman–Crippen MR) is 97.2 cm³/mol. The maximum Gasteiger partial charge on any atom is 0.500 e. The van der Waals surface area contributed by atoms with Gasteiger partial charge in [0.05, 0.1) is 32.8 Å². The van der Waals surface area contributed by atoms with E-state index in [0.29, 0.717) is 6.61 Å². The molecule has 0 heterocycles. The van der Waals surface area contributed by atoms with Gasteiger partial charge in [0.2, 0.25) is 0 Å². The van der Waals surface area contributed by atoms with Crippen LogP contribution in [0.3, 0.4) is 0 Å². The number of nitrogens with zero attached hydrogens (tertiary/aromatic N) is 1. The van der Waals surface area contributed by atoms with Gasteiger partial charge in [-0.1, -0.05) is 30.3 Å². The normalized spacial score (nSPS) is 12.0. The number of benzene rings is 1. The zero-order valence-electron chi connectivity index (χ0n) is 15.9. The van der Waals surface area contributed by atoms with Gasteiger partial charge < -0.3 is 30.2 Å². The zero-order chi connectivity index (χ0) is 17.2. The van der Waals surface area contributed by atoms with Crippen LogP contribution in [0.25, 0.3) is 0 Å². The summed E-state index contributed by atoms with van der Waals surface area (Å²) in [6.07, 6.45) is 1.07. The summed E-state index contributed by atoms with van der Waals surface area (Å²) in [5.41, 5.74) is 1.15. The van der Waals surface area contributed by atoms with E-state index in [1.165, 1.54) is 19.6 Å². The maximum atomic E-state index is 6.12. The molecular formula is C18H34ClNO3Si. The van der Waals surface area contributed by atoms with Gasteiger partial charge in [-0.05, 0) is 26.3 Å². The van der Waals surface area contributed by atoms with Gasteiger partial charge in [0.1, 0.15) is 0 Å². The van der Waals surface area contributed by atoms with Crippen LogP contribution in [0.4, 0.5) is 0 Å². The number of hydrogen-bond donors (Lipinski definition) is 0. The number of quaternary nitrogens is 1. The van der Waals surface area contributed by atoms with Crippen molar-refractivity contribution in [1.29, 1.82) is 0 Å². The summed E-state index contributed by atoms with van der Waals surface area (Å²) in [5.74, 6) is 0. The Balaban J connectivity index is 0.00000529. The van der Waals surface area contributed by atoms with E-state index in [2.05, 4.69) is 32.9 Å². The topological polar surface area (TPSA) is 27.7 Å². The van der Waals surface area contributed by atoms with Crippen LogP contribution in [-0.2, 0) is 19.9 Å². The van der Waals surface area contributed by atoms with Gasteiger partial charge >= 0.3 is 8.80 Å². The lowest BCUT2D eigenvalue weighted by atomic mass is 10.2. The highest BCUT2D eigenvalue weighted by Crippen LogP contribution is 2.20. The van der Waals surface area contributed by atoms with Gasteiger partial charge in [0.15, 0.2) is 0 Å². The summed E-state index contributed by atoms with van der Waals surface area (Å²) >= 11 is 0. The quantitative estimate of drug-likeness (QED) is 0.397. The summed E-state index contributed by atoms with van der Waals surface area (Å²) in [6, 6.07) is 11.1. The summed E-state index contributed by atoms with van der Waals surface area (Å²) in [5, 5.41) is 0. The third kappa shape index (κ3) is 6.82. The lowest BCUT2D eigenvalue weighted by Gasteiger charge is -2.36. The van der Waals surface area contributed by atoms with Crippen molar-refractivity contribution in [1.82, 2.24) is 0 Å². The third-order valence-electron chi connectivity index (χ3n) is 5.05. The van der Waals surface area contributed by atoms with Crippen molar-refractivity contribution in [3.63, 3.8) is 0 Å². The zero-order valence-corrected chi connectivity index (χ0v) is 17.6. The molecule has 6 heteroatoms. The Bertz CT molecular complexity index is 417. The lowest BCUT2D eigenvalue weighted by molar-refractivity contribution is -0.923. The first-order valence-corrected chi connectivity index (χ1v) is 10.7. The molecule has 4 nitrogen and oxygen atoms in total. The maximum absolute atomic E-state index is 6.12. The third-order valence-corrected chi connectivity index (χ3v) is 7.85. The molecule has 0 aliphatic heterocycles. The van der Waals surface area contributed by atoms with Crippen LogP contribution >= 0.6 is 0 Å². The SMILES string of the molecule is CC[N+](CC)(CC)CCC[Si](OC)(OC)OCc1ccccc1.[Cl-]. The fraction of sp³-hybridized carbons (Fsp3) is 0.667. The van der Waals surface area contributed by atoms with Gasteiger partial charge in [0, 0.05) is 26.7 Å². The molecule has 0 aliphatic carbocycles. The molecule has 0 radical (unpaired) electrons. The first-order chi connectivity index (χ1) is 11.1.